The molecule has 4 saturated carbocycles. The Morgan fingerprint density at radius 3 is 2.77 bits per heavy atom. The molecule has 1 aromatic rings. The van der Waals surface area contributed by atoms with Gasteiger partial charge in [0.25, 0.3) is 5.91 Å². The molecule has 0 saturated heterocycles. The standard InChI is InChI=1S/C20H28N2O3S/c1-25-6-5-22-15-3-2-4-16(15)26-18(22)21-17(23)19-8-13-7-14(9-19)11-20(24,10-13)12-19/h13-14,24H,2-12H2,1H3. The number of hydrogen-bond acceptors (Lipinski definition) is 4. The Morgan fingerprint density at radius 2 is 2.08 bits per heavy atom. The van der Waals surface area contributed by atoms with Crippen LogP contribution >= 0.6 is 11.3 Å². The molecule has 0 spiro atoms. The van der Waals surface area contributed by atoms with Crippen molar-refractivity contribution >= 4 is 17.2 Å². The number of ether oxygens (including phenoxy) is 1. The van der Waals surface area contributed by atoms with Crippen LogP contribution in [0.15, 0.2) is 4.99 Å². The first kappa shape index (κ1) is 17.1. The van der Waals surface area contributed by atoms with Gasteiger partial charge in [0.2, 0.25) is 0 Å². The quantitative estimate of drug-likeness (QED) is 0.878. The van der Waals surface area contributed by atoms with E-state index in [9.17, 15) is 9.90 Å². The van der Waals surface area contributed by atoms with Gasteiger partial charge in [-0.3, -0.25) is 4.79 Å². The summed E-state index contributed by atoms with van der Waals surface area (Å²) in [4.78, 5) is 20.3. The molecule has 4 fully saturated rings. The Morgan fingerprint density at radius 1 is 1.31 bits per heavy atom. The molecule has 5 nitrogen and oxygen atoms in total. The molecule has 4 bridgehead atoms. The summed E-state index contributed by atoms with van der Waals surface area (Å²) in [5.41, 5.74) is 0.327. The van der Waals surface area contributed by atoms with E-state index in [1.165, 1.54) is 23.4 Å². The van der Waals surface area contributed by atoms with Gasteiger partial charge < -0.3 is 14.4 Å². The third-order valence-electron chi connectivity index (χ3n) is 7.11. The van der Waals surface area contributed by atoms with Crippen molar-refractivity contribution in [2.24, 2.45) is 22.2 Å². The first-order valence-electron chi connectivity index (χ1n) is 10.0. The summed E-state index contributed by atoms with van der Waals surface area (Å²) in [5, 5.41) is 10.9. The van der Waals surface area contributed by atoms with Crippen LogP contribution in [0, 0.1) is 17.3 Å². The van der Waals surface area contributed by atoms with Crippen molar-refractivity contribution in [2.45, 2.75) is 69.9 Å². The van der Waals surface area contributed by atoms with Gasteiger partial charge in [-0.15, -0.1) is 11.3 Å². The molecule has 1 heterocycles. The van der Waals surface area contributed by atoms with Gasteiger partial charge in [0.05, 0.1) is 17.6 Å². The van der Waals surface area contributed by atoms with Crippen LogP contribution in [0.4, 0.5) is 0 Å². The Bertz CT molecular complexity index is 794. The molecule has 6 rings (SSSR count). The second kappa shape index (κ2) is 6.01. The van der Waals surface area contributed by atoms with Crippen molar-refractivity contribution in [2.75, 3.05) is 13.7 Å². The molecular weight excluding hydrogens is 348 g/mol. The number of fused-ring (bicyclic) bond motifs is 1. The summed E-state index contributed by atoms with van der Waals surface area (Å²) in [6, 6.07) is 0. The minimum Gasteiger partial charge on any atom is -0.390 e. The number of aromatic nitrogens is 1. The average molecular weight is 377 g/mol. The molecule has 0 radical (unpaired) electrons. The number of methoxy groups -OCH3 is 1. The maximum absolute atomic E-state index is 13.3. The maximum Gasteiger partial charge on any atom is 0.254 e. The highest BCUT2D eigenvalue weighted by atomic mass is 32.1. The molecule has 2 unspecified atom stereocenters. The lowest BCUT2D eigenvalue weighted by molar-refractivity contribution is -0.175. The SMILES string of the molecule is COCCn1c2c(sc1=NC(=O)C13CC4CC(CC(O)(C4)C1)C3)CCC2. The predicted molar refractivity (Wildman–Crippen MR) is 98.8 cm³/mol. The molecule has 142 valence electrons. The van der Waals surface area contributed by atoms with Gasteiger partial charge in [-0.1, -0.05) is 0 Å². The van der Waals surface area contributed by atoms with Gasteiger partial charge in [0, 0.05) is 24.2 Å². The van der Waals surface area contributed by atoms with E-state index >= 15 is 0 Å². The fourth-order valence-electron chi connectivity index (χ4n) is 6.54. The number of carbonyl (C=O) groups excluding carboxylic acids is 1. The molecule has 0 aromatic carbocycles. The second-order valence-electron chi connectivity index (χ2n) is 9.14. The molecule has 1 N–H and O–H groups in total. The first-order chi connectivity index (χ1) is 12.5. The van der Waals surface area contributed by atoms with Gasteiger partial charge in [0.1, 0.15) is 0 Å². The molecule has 6 heteroatoms. The Hall–Kier alpha value is -0.980. The minimum atomic E-state index is -0.613. The highest BCUT2D eigenvalue weighted by molar-refractivity contribution is 7.09. The summed E-state index contributed by atoms with van der Waals surface area (Å²) in [6.07, 6.45) is 8.83. The summed E-state index contributed by atoms with van der Waals surface area (Å²) < 4.78 is 7.48. The first-order valence-corrected chi connectivity index (χ1v) is 10.8. The molecule has 5 aliphatic rings. The van der Waals surface area contributed by atoms with E-state index < -0.39 is 11.0 Å². The second-order valence-corrected chi connectivity index (χ2v) is 10.2. The van der Waals surface area contributed by atoms with Crippen molar-refractivity contribution in [1.82, 2.24) is 4.57 Å². The van der Waals surface area contributed by atoms with E-state index in [1.54, 1.807) is 18.4 Å². The zero-order chi connectivity index (χ0) is 17.9. The third-order valence-corrected chi connectivity index (χ3v) is 8.29. The van der Waals surface area contributed by atoms with E-state index in [-0.39, 0.29) is 5.91 Å². The van der Waals surface area contributed by atoms with Crippen LogP contribution in [0.3, 0.4) is 0 Å². The van der Waals surface area contributed by atoms with Crippen molar-refractivity contribution in [3.8, 4) is 0 Å². The summed E-state index contributed by atoms with van der Waals surface area (Å²) in [6.45, 7) is 1.40. The van der Waals surface area contributed by atoms with E-state index in [0.717, 1.165) is 49.9 Å². The predicted octanol–water partition coefficient (Wildman–Crippen LogP) is 2.44. The van der Waals surface area contributed by atoms with E-state index in [0.29, 0.717) is 24.9 Å². The normalized spacial score (nSPS) is 38.2. The fourth-order valence-corrected chi connectivity index (χ4v) is 7.78. The van der Waals surface area contributed by atoms with E-state index in [4.69, 9.17) is 4.74 Å². The molecule has 2 atom stereocenters. The van der Waals surface area contributed by atoms with Crippen LogP contribution in [0.1, 0.15) is 55.5 Å². The zero-order valence-corrected chi connectivity index (χ0v) is 16.3. The van der Waals surface area contributed by atoms with Gasteiger partial charge in [-0.25, -0.2) is 0 Å². The number of thiazole rings is 1. The van der Waals surface area contributed by atoms with Gasteiger partial charge >= 0.3 is 0 Å². The highest BCUT2D eigenvalue weighted by Crippen LogP contribution is 2.61. The molecule has 1 aromatic heterocycles. The fraction of sp³-hybridized carbons (Fsp3) is 0.800. The van der Waals surface area contributed by atoms with Crippen LogP contribution in [-0.2, 0) is 28.9 Å². The maximum atomic E-state index is 13.3. The van der Waals surface area contributed by atoms with Crippen LogP contribution in [0.2, 0.25) is 0 Å². The summed E-state index contributed by atoms with van der Waals surface area (Å²) in [5.74, 6) is 1.04. The Labute approximate surface area is 158 Å². The van der Waals surface area contributed by atoms with Crippen molar-refractivity contribution in [3.05, 3.63) is 15.4 Å². The van der Waals surface area contributed by atoms with Crippen molar-refractivity contribution in [3.63, 3.8) is 0 Å². The summed E-state index contributed by atoms with van der Waals surface area (Å²) in [7, 11) is 1.71. The lowest BCUT2D eigenvalue weighted by Crippen LogP contribution is -2.58. The number of nitrogens with zero attached hydrogens (tertiary/aromatic N) is 2. The molecule has 26 heavy (non-hydrogen) atoms. The Kier molecular flexibility index (Phi) is 3.96. The number of rotatable bonds is 4. The number of aryl methyl sites for hydroxylation is 1. The topological polar surface area (TPSA) is 63.8 Å². The van der Waals surface area contributed by atoms with Crippen molar-refractivity contribution in [1.29, 1.82) is 0 Å². The smallest absolute Gasteiger partial charge is 0.254 e. The van der Waals surface area contributed by atoms with Crippen LogP contribution < -0.4 is 4.80 Å². The number of carbonyl (C=O) groups is 1. The third kappa shape index (κ3) is 2.64. The van der Waals surface area contributed by atoms with Gasteiger partial charge in [0.15, 0.2) is 4.80 Å². The van der Waals surface area contributed by atoms with Crippen LogP contribution in [0.25, 0.3) is 0 Å². The van der Waals surface area contributed by atoms with E-state index in [2.05, 4.69) is 9.56 Å². The molecule has 1 amide bonds. The summed E-state index contributed by atoms with van der Waals surface area (Å²) >= 11 is 1.69. The highest BCUT2D eigenvalue weighted by Gasteiger charge is 2.60. The molecule has 5 aliphatic carbocycles. The van der Waals surface area contributed by atoms with Gasteiger partial charge in [-0.2, -0.15) is 4.99 Å². The monoisotopic (exact) mass is 376 g/mol. The van der Waals surface area contributed by atoms with Crippen LogP contribution in [-0.4, -0.2) is 34.9 Å². The van der Waals surface area contributed by atoms with Gasteiger partial charge in [-0.05, 0) is 69.6 Å². The van der Waals surface area contributed by atoms with Crippen LogP contribution in [0.5, 0.6) is 0 Å². The zero-order valence-electron chi connectivity index (χ0n) is 15.5. The van der Waals surface area contributed by atoms with E-state index in [1.807, 2.05) is 0 Å². The molecule has 0 aliphatic heterocycles. The Balaban J connectivity index is 1.50. The minimum absolute atomic E-state index is 0.0242. The number of hydrogen-bond donors (Lipinski definition) is 1. The lowest BCUT2D eigenvalue weighted by atomic mass is 9.47. The number of amides is 1. The number of aliphatic hydroxyl groups is 1. The lowest BCUT2D eigenvalue weighted by Gasteiger charge is -2.58. The largest absolute Gasteiger partial charge is 0.390 e. The average Bonchev–Trinajstić information content (AvgIpc) is 3.12. The molecular formula is C20H28N2O3S. The van der Waals surface area contributed by atoms with Crippen molar-refractivity contribution < 1.29 is 14.6 Å².